The first kappa shape index (κ1) is 13.5. The first-order chi connectivity index (χ1) is 9.50. The van der Waals surface area contributed by atoms with Gasteiger partial charge in [0.2, 0.25) is 0 Å². The zero-order valence-electron chi connectivity index (χ0n) is 10.2. The van der Waals surface area contributed by atoms with Crippen LogP contribution in [0, 0.1) is 0 Å². The minimum Gasteiger partial charge on any atom is -0.375 e. The molecule has 0 saturated carbocycles. The second kappa shape index (κ2) is 4.80. The van der Waals surface area contributed by atoms with Crippen LogP contribution in [-0.2, 0) is 10.4 Å². The van der Waals surface area contributed by atoms with E-state index in [2.05, 4.69) is 21.2 Å². The van der Waals surface area contributed by atoms with Gasteiger partial charge in [0.15, 0.2) is 11.4 Å². The highest BCUT2D eigenvalue weighted by Crippen LogP contribution is 2.40. The Balaban J connectivity index is 1.96. The van der Waals surface area contributed by atoms with Gasteiger partial charge >= 0.3 is 0 Å². The van der Waals surface area contributed by atoms with E-state index in [1.54, 1.807) is 35.0 Å². The highest BCUT2D eigenvalue weighted by molar-refractivity contribution is 9.10. The SMILES string of the molecule is O=C(C[C@@]1(O)C(=O)Nc2cc(Br)ccc21)c1ccsc1. The number of Topliss-reactive ketones (excluding diaryl/α,β-unsaturated/α-hetero) is 1. The van der Waals surface area contributed by atoms with Crippen molar-refractivity contribution in [3.05, 3.63) is 50.6 Å². The number of anilines is 1. The molecular formula is C14H10BrNO3S. The average Bonchev–Trinajstić information content (AvgIpc) is 2.98. The molecule has 2 aromatic rings. The largest absolute Gasteiger partial charge is 0.375 e. The summed E-state index contributed by atoms with van der Waals surface area (Å²) in [6.07, 6.45) is -0.260. The van der Waals surface area contributed by atoms with Crippen LogP contribution in [0.15, 0.2) is 39.5 Å². The average molecular weight is 352 g/mol. The van der Waals surface area contributed by atoms with E-state index in [0.29, 0.717) is 16.8 Å². The van der Waals surface area contributed by atoms with Gasteiger partial charge in [-0.15, -0.1) is 0 Å². The number of carbonyl (C=O) groups excluding carboxylic acids is 2. The van der Waals surface area contributed by atoms with E-state index < -0.39 is 11.5 Å². The molecule has 0 saturated heterocycles. The Morgan fingerprint density at radius 2 is 2.20 bits per heavy atom. The molecule has 0 aliphatic carbocycles. The van der Waals surface area contributed by atoms with E-state index in [1.807, 2.05) is 0 Å². The second-order valence-corrected chi connectivity index (χ2v) is 6.31. The van der Waals surface area contributed by atoms with Crippen molar-refractivity contribution in [1.29, 1.82) is 0 Å². The molecule has 1 aliphatic heterocycles. The zero-order valence-corrected chi connectivity index (χ0v) is 12.6. The Morgan fingerprint density at radius 3 is 2.90 bits per heavy atom. The number of rotatable bonds is 3. The van der Waals surface area contributed by atoms with Crippen molar-refractivity contribution in [2.45, 2.75) is 12.0 Å². The molecule has 0 radical (unpaired) electrons. The lowest BCUT2D eigenvalue weighted by atomic mass is 9.88. The molecule has 0 fully saturated rings. The van der Waals surface area contributed by atoms with Gasteiger partial charge in [0.1, 0.15) is 0 Å². The van der Waals surface area contributed by atoms with Gasteiger partial charge in [0, 0.05) is 26.7 Å². The predicted octanol–water partition coefficient (Wildman–Crippen LogP) is 2.92. The molecule has 1 aliphatic rings. The molecule has 1 aromatic carbocycles. The summed E-state index contributed by atoms with van der Waals surface area (Å²) in [5.74, 6) is -0.811. The summed E-state index contributed by atoms with van der Waals surface area (Å²) in [6, 6.07) is 6.78. The lowest BCUT2D eigenvalue weighted by Gasteiger charge is -2.19. The molecule has 0 unspecified atom stereocenters. The third kappa shape index (κ3) is 2.09. The number of carbonyl (C=O) groups is 2. The third-order valence-corrected chi connectivity index (χ3v) is 4.49. The van der Waals surface area contributed by atoms with Gasteiger partial charge < -0.3 is 10.4 Å². The van der Waals surface area contributed by atoms with Crippen molar-refractivity contribution in [3.63, 3.8) is 0 Å². The second-order valence-electron chi connectivity index (χ2n) is 4.62. The molecule has 1 atom stereocenters. The fourth-order valence-corrected chi connectivity index (χ4v) is 3.28. The van der Waals surface area contributed by atoms with Crippen LogP contribution < -0.4 is 5.32 Å². The number of thiophene rings is 1. The first-order valence-electron chi connectivity index (χ1n) is 5.90. The Bertz CT molecular complexity index is 698. The molecule has 102 valence electrons. The number of ketones is 1. The molecule has 0 bridgehead atoms. The summed E-state index contributed by atoms with van der Waals surface area (Å²) in [4.78, 5) is 24.2. The van der Waals surface area contributed by atoms with Crippen molar-refractivity contribution in [1.82, 2.24) is 0 Å². The van der Waals surface area contributed by atoms with Crippen LogP contribution in [0.5, 0.6) is 0 Å². The van der Waals surface area contributed by atoms with Crippen molar-refractivity contribution in [3.8, 4) is 0 Å². The van der Waals surface area contributed by atoms with Crippen LogP contribution in [0.25, 0.3) is 0 Å². The molecule has 2 heterocycles. The Morgan fingerprint density at radius 1 is 1.40 bits per heavy atom. The summed E-state index contributed by atoms with van der Waals surface area (Å²) < 4.78 is 0.796. The summed E-state index contributed by atoms with van der Waals surface area (Å²) >= 11 is 4.71. The van der Waals surface area contributed by atoms with Crippen molar-refractivity contribution in [2.75, 3.05) is 5.32 Å². The minimum atomic E-state index is -1.80. The lowest BCUT2D eigenvalue weighted by Crippen LogP contribution is -2.36. The number of amides is 1. The van der Waals surface area contributed by atoms with Gasteiger partial charge in [-0.05, 0) is 23.6 Å². The Kier molecular flexibility index (Phi) is 3.24. The molecule has 1 aromatic heterocycles. The zero-order chi connectivity index (χ0) is 14.3. The van der Waals surface area contributed by atoms with Gasteiger partial charge in [-0.2, -0.15) is 11.3 Å². The van der Waals surface area contributed by atoms with Crippen LogP contribution >= 0.6 is 27.3 Å². The van der Waals surface area contributed by atoms with Gasteiger partial charge in [-0.25, -0.2) is 0 Å². The van der Waals surface area contributed by atoms with Crippen molar-refractivity contribution in [2.24, 2.45) is 0 Å². The molecule has 3 rings (SSSR count). The van der Waals surface area contributed by atoms with E-state index >= 15 is 0 Å². The number of hydrogen-bond donors (Lipinski definition) is 2. The topological polar surface area (TPSA) is 66.4 Å². The summed E-state index contributed by atoms with van der Waals surface area (Å²) in [5.41, 5.74) is -0.309. The summed E-state index contributed by atoms with van der Waals surface area (Å²) in [6.45, 7) is 0. The van der Waals surface area contributed by atoms with E-state index in [-0.39, 0.29) is 12.2 Å². The van der Waals surface area contributed by atoms with Gasteiger partial charge in [-0.1, -0.05) is 22.0 Å². The maximum absolute atomic E-state index is 12.1. The van der Waals surface area contributed by atoms with Crippen molar-refractivity contribution >= 4 is 44.6 Å². The van der Waals surface area contributed by atoms with Crippen LogP contribution in [0.4, 0.5) is 5.69 Å². The highest BCUT2D eigenvalue weighted by Gasteiger charge is 2.46. The van der Waals surface area contributed by atoms with Gasteiger partial charge in [0.25, 0.3) is 5.91 Å². The monoisotopic (exact) mass is 351 g/mol. The number of halogens is 1. The molecule has 0 spiro atoms. The predicted molar refractivity (Wildman–Crippen MR) is 79.9 cm³/mol. The molecular weight excluding hydrogens is 342 g/mol. The highest BCUT2D eigenvalue weighted by atomic mass is 79.9. The number of benzene rings is 1. The number of aliphatic hydroxyl groups is 1. The number of nitrogens with one attached hydrogen (secondary N) is 1. The lowest BCUT2D eigenvalue weighted by molar-refractivity contribution is -0.133. The van der Waals surface area contributed by atoms with Gasteiger partial charge in [-0.3, -0.25) is 9.59 Å². The Labute approximate surface area is 127 Å². The summed E-state index contributed by atoms with van der Waals surface area (Å²) in [5, 5.41) is 16.7. The van der Waals surface area contributed by atoms with E-state index in [0.717, 1.165) is 4.47 Å². The smallest absolute Gasteiger partial charge is 0.261 e. The van der Waals surface area contributed by atoms with E-state index in [1.165, 1.54) is 11.3 Å². The maximum Gasteiger partial charge on any atom is 0.261 e. The van der Waals surface area contributed by atoms with Crippen LogP contribution in [0.2, 0.25) is 0 Å². The maximum atomic E-state index is 12.1. The van der Waals surface area contributed by atoms with E-state index in [4.69, 9.17) is 0 Å². The molecule has 20 heavy (non-hydrogen) atoms. The molecule has 1 amide bonds. The fourth-order valence-electron chi connectivity index (χ4n) is 2.26. The van der Waals surface area contributed by atoms with Crippen molar-refractivity contribution < 1.29 is 14.7 Å². The quantitative estimate of drug-likeness (QED) is 0.835. The number of fused-ring (bicyclic) bond motifs is 1. The molecule has 2 N–H and O–H groups in total. The van der Waals surface area contributed by atoms with Gasteiger partial charge in [0.05, 0.1) is 6.42 Å². The third-order valence-electron chi connectivity index (χ3n) is 3.31. The van der Waals surface area contributed by atoms with E-state index in [9.17, 15) is 14.7 Å². The Hall–Kier alpha value is -1.50. The van der Waals surface area contributed by atoms with Crippen LogP contribution in [-0.4, -0.2) is 16.8 Å². The number of hydrogen-bond acceptors (Lipinski definition) is 4. The summed E-state index contributed by atoms with van der Waals surface area (Å²) in [7, 11) is 0. The standard InChI is InChI=1S/C14H10BrNO3S/c15-9-1-2-10-11(5-9)16-13(18)14(10,19)6-12(17)8-3-4-20-7-8/h1-5,7,19H,6H2,(H,16,18)/t14-/m0/s1. The van der Waals surface area contributed by atoms with Crippen LogP contribution in [0.3, 0.4) is 0 Å². The first-order valence-corrected chi connectivity index (χ1v) is 7.63. The molecule has 6 heteroatoms. The van der Waals surface area contributed by atoms with Crippen LogP contribution in [0.1, 0.15) is 22.3 Å². The fraction of sp³-hybridized carbons (Fsp3) is 0.143. The normalized spacial score (nSPS) is 20.6. The minimum absolute atomic E-state index is 0.250. The molecule has 4 nitrogen and oxygen atoms in total.